The zero-order valence-corrected chi connectivity index (χ0v) is 39.3. The summed E-state index contributed by atoms with van der Waals surface area (Å²) in [5.74, 6) is -4.89. The van der Waals surface area contributed by atoms with Crippen LogP contribution in [0.1, 0.15) is 83.1 Å². The van der Waals surface area contributed by atoms with Gasteiger partial charge < -0.3 is 74.7 Å². The van der Waals surface area contributed by atoms with Gasteiger partial charge in [-0.25, -0.2) is 19.7 Å². The molecule has 0 radical (unpaired) electrons. The van der Waals surface area contributed by atoms with Crippen LogP contribution in [0.15, 0.2) is 61.6 Å². The number of ether oxygens (including phenoxy) is 1. The van der Waals surface area contributed by atoms with E-state index in [1.54, 1.807) is 52.2 Å². The van der Waals surface area contributed by atoms with Crippen LogP contribution in [0.5, 0.6) is 0 Å². The Labute approximate surface area is 398 Å². The van der Waals surface area contributed by atoms with Gasteiger partial charge in [-0.15, -0.1) is 0 Å². The maximum absolute atomic E-state index is 13.3. The molecular formula is C43H51N17O10. The summed E-state index contributed by atoms with van der Waals surface area (Å²) in [7, 11) is 10.8. The Bertz CT molecular complexity index is 3020. The molecule has 70 heavy (non-hydrogen) atoms. The number of esters is 1. The topological polar surface area (TPSA) is 327 Å². The van der Waals surface area contributed by atoms with E-state index in [0.29, 0.717) is 11.4 Å². The highest BCUT2D eigenvalue weighted by molar-refractivity contribution is 6.05. The van der Waals surface area contributed by atoms with E-state index in [2.05, 4.69) is 57.5 Å². The molecule has 0 aliphatic rings. The van der Waals surface area contributed by atoms with Crippen LogP contribution in [0.4, 0.5) is 28.7 Å². The maximum Gasteiger partial charge on any atom is 0.354 e. The van der Waals surface area contributed by atoms with Crippen molar-refractivity contribution >= 4 is 81.9 Å². The second-order valence-electron chi connectivity index (χ2n) is 15.9. The molecule has 0 fully saturated rings. The summed E-state index contributed by atoms with van der Waals surface area (Å²) in [6.45, 7) is 1.13. The zero-order valence-electron chi connectivity index (χ0n) is 39.3. The van der Waals surface area contributed by atoms with Gasteiger partial charge in [0.15, 0.2) is 17.5 Å². The molecule has 8 amide bonds. The molecule has 0 unspecified atom stereocenters. The molecule has 0 aliphatic heterocycles. The van der Waals surface area contributed by atoms with Crippen molar-refractivity contribution in [3.8, 4) is 0 Å². The van der Waals surface area contributed by atoms with Crippen LogP contribution in [-0.2, 0) is 61.4 Å². The predicted octanol–water partition coefficient (Wildman–Crippen LogP) is 0.468. The Morgan fingerprint density at radius 3 is 1.51 bits per heavy atom. The average molecular weight is 966 g/mol. The van der Waals surface area contributed by atoms with E-state index in [1.165, 1.54) is 93.1 Å². The third kappa shape index (κ3) is 12.2. The Morgan fingerprint density at radius 2 is 1.03 bits per heavy atom. The molecule has 0 spiro atoms. The van der Waals surface area contributed by atoms with Crippen LogP contribution >= 0.6 is 0 Å². The van der Waals surface area contributed by atoms with Crippen LogP contribution < -0.4 is 42.5 Å². The summed E-state index contributed by atoms with van der Waals surface area (Å²) < 4.78 is 13.5. The third-order valence-corrected chi connectivity index (χ3v) is 10.4. The number of anilines is 5. The normalized spacial score (nSPS) is 11.3. The van der Waals surface area contributed by atoms with Gasteiger partial charge >= 0.3 is 5.97 Å². The molecule has 0 saturated carbocycles. The summed E-state index contributed by atoms with van der Waals surface area (Å²) in [6, 6.07) is 3.23. The van der Waals surface area contributed by atoms with Crippen molar-refractivity contribution in [3.05, 3.63) is 96.1 Å². The third-order valence-electron chi connectivity index (χ3n) is 10.4. The first-order valence-electron chi connectivity index (χ1n) is 21.2. The number of aromatic nitrogens is 9. The van der Waals surface area contributed by atoms with Crippen LogP contribution in [0, 0.1) is 0 Å². The highest BCUT2D eigenvalue weighted by Gasteiger charge is 2.25. The van der Waals surface area contributed by atoms with E-state index in [1.807, 2.05) is 0 Å². The lowest BCUT2D eigenvalue weighted by molar-refractivity contribution is -0.125. The van der Waals surface area contributed by atoms with E-state index in [4.69, 9.17) is 4.74 Å². The van der Waals surface area contributed by atoms with Gasteiger partial charge in [-0.2, -0.15) is 0 Å². The van der Waals surface area contributed by atoms with Crippen LogP contribution in [0.3, 0.4) is 0 Å². The zero-order chi connectivity index (χ0) is 51.0. The second-order valence-corrected chi connectivity index (χ2v) is 15.9. The Morgan fingerprint density at radius 1 is 0.557 bits per heavy atom. The minimum absolute atomic E-state index is 0.00946. The fourth-order valence-corrected chi connectivity index (χ4v) is 7.01. The molecular weight excluding hydrogens is 915 g/mol. The van der Waals surface area contributed by atoms with Crippen molar-refractivity contribution in [3.63, 3.8) is 0 Å². The van der Waals surface area contributed by atoms with E-state index < -0.39 is 59.3 Å². The molecule has 0 aliphatic carbocycles. The highest BCUT2D eigenvalue weighted by atomic mass is 16.5. The van der Waals surface area contributed by atoms with Gasteiger partial charge in [0.25, 0.3) is 29.5 Å². The number of carbonyl (C=O) groups is 9. The van der Waals surface area contributed by atoms with Crippen LogP contribution in [0.2, 0.25) is 0 Å². The maximum atomic E-state index is 13.3. The molecule has 6 heterocycles. The number of carbonyl (C=O) groups excluding carboxylic acids is 9. The molecule has 0 bridgehead atoms. The average Bonchev–Trinajstić information content (AvgIpc) is 4.16. The van der Waals surface area contributed by atoms with Crippen LogP contribution in [-0.4, -0.2) is 122 Å². The van der Waals surface area contributed by atoms with E-state index in [9.17, 15) is 43.2 Å². The van der Waals surface area contributed by atoms with Crippen molar-refractivity contribution < 1.29 is 47.9 Å². The number of hydrogen-bond donors (Lipinski definition) is 8. The Kier molecular flexibility index (Phi) is 15.4. The Balaban J connectivity index is 0.957. The minimum Gasteiger partial charge on any atom is -0.464 e. The molecule has 368 valence electrons. The summed E-state index contributed by atoms with van der Waals surface area (Å²) in [5, 5.41) is 21.1. The van der Waals surface area contributed by atoms with Crippen molar-refractivity contribution in [2.45, 2.75) is 25.8 Å². The molecule has 27 nitrogen and oxygen atoms in total. The molecule has 6 aromatic heterocycles. The summed E-state index contributed by atoms with van der Waals surface area (Å²) in [6.07, 6.45) is 10.4. The summed E-state index contributed by atoms with van der Waals surface area (Å²) >= 11 is 0. The Hall–Kier alpha value is -9.30. The lowest BCUT2D eigenvalue weighted by Gasteiger charge is -2.17. The molecule has 0 saturated heterocycles. The van der Waals surface area contributed by atoms with Gasteiger partial charge in [0.1, 0.15) is 23.1 Å². The summed E-state index contributed by atoms with van der Waals surface area (Å²) in [4.78, 5) is 127. The lowest BCUT2D eigenvalue weighted by Crippen LogP contribution is -2.45. The molecule has 27 heteroatoms. The van der Waals surface area contributed by atoms with E-state index >= 15 is 0 Å². The van der Waals surface area contributed by atoms with Crippen molar-refractivity contribution in [2.24, 2.45) is 42.3 Å². The number of imidazole rings is 3. The van der Waals surface area contributed by atoms with Crippen LogP contribution in [0.25, 0.3) is 0 Å². The summed E-state index contributed by atoms with van der Waals surface area (Å²) in [5.41, 5.74) is 1.53. The number of nitrogens with one attached hydrogen (secondary N) is 8. The number of amides is 8. The fourth-order valence-electron chi connectivity index (χ4n) is 7.01. The minimum atomic E-state index is -1.12. The van der Waals surface area contributed by atoms with Gasteiger partial charge in [-0.3, -0.25) is 38.4 Å². The van der Waals surface area contributed by atoms with Crippen molar-refractivity contribution in [2.75, 3.05) is 46.8 Å². The van der Waals surface area contributed by atoms with Crippen molar-refractivity contribution in [1.29, 1.82) is 0 Å². The van der Waals surface area contributed by atoms with Gasteiger partial charge in [0, 0.05) is 112 Å². The van der Waals surface area contributed by atoms with Gasteiger partial charge in [0.05, 0.1) is 24.2 Å². The second kappa shape index (κ2) is 21.6. The SMILES string of the molecule is COC(=O)c1cc(NC(=O)c2nc(NC(=O)[C@@H](CCNC(=O)c3cc(NC(=O)c4nc(NC(=O)CCNC(=O)c5cc(NC(=O)c6nccn6C)cn5C)cn4C)cn3C)NC(C)=O)cn2C)cn1C. The van der Waals surface area contributed by atoms with E-state index in [-0.39, 0.29) is 77.8 Å². The number of methoxy groups -OCH3 is 1. The number of aryl methyl sites for hydroxylation is 6. The van der Waals surface area contributed by atoms with Gasteiger partial charge in [-0.1, -0.05) is 0 Å². The highest BCUT2D eigenvalue weighted by Crippen LogP contribution is 2.19. The molecule has 8 N–H and O–H groups in total. The largest absolute Gasteiger partial charge is 0.464 e. The predicted molar refractivity (Wildman–Crippen MR) is 250 cm³/mol. The quantitative estimate of drug-likeness (QED) is 0.0513. The molecule has 1 atom stereocenters. The first-order chi connectivity index (χ1) is 33.2. The van der Waals surface area contributed by atoms with E-state index in [0.717, 1.165) is 0 Å². The molecule has 0 aromatic carbocycles. The standard InChI is InChI=1S/C43H51N17O10/c1-23(61)47-27(37(63)54-32-22-60(7)36(53-32)42(68)50-26-17-30(43(69)70-8)58(5)20-26)9-11-45-38(64)28-16-25(19-57(28)4)49-41(67)35-52-31(21-59(35)6)51-33(62)10-12-46-39(65)29-15-24(18-56(29)3)48-40(66)34-44-13-14-55(34)2/h13-22,27H,9-12H2,1-8H3,(H,45,64)(H,46,65)(H,47,61)(H,48,66)(H,49,67)(H,50,68)(H,51,62)(H,54,63)/t27-/m1/s1. The first kappa shape index (κ1) is 50.1. The number of rotatable bonds is 19. The first-order valence-corrected chi connectivity index (χ1v) is 21.2. The van der Waals surface area contributed by atoms with Gasteiger partial charge in [-0.05, 0) is 24.6 Å². The van der Waals surface area contributed by atoms with Crippen molar-refractivity contribution in [1.82, 2.24) is 58.3 Å². The molecule has 6 aromatic rings. The van der Waals surface area contributed by atoms with Gasteiger partial charge in [0.2, 0.25) is 29.4 Å². The lowest BCUT2D eigenvalue weighted by atomic mass is 10.2. The number of hydrogen-bond acceptors (Lipinski definition) is 13. The number of nitrogens with zero attached hydrogens (tertiary/aromatic N) is 9. The fraction of sp³-hybridized carbons (Fsp3) is 0.302. The monoisotopic (exact) mass is 965 g/mol. The smallest absolute Gasteiger partial charge is 0.354 e. The molecule has 6 rings (SSSR count).